The molecular formula is C31H42N4O. The van der Waals surface area contributed by atoms with Gasteiger partial charge < -0.3 is 5.73 Å². The van der Waals surface area contributed by atoms with Crippen LogP contribution in [0.3, 0.4) is 0 Å². The Kier molecular flexibility index (Phi) is 7.93. The fraction of sp³-hybridized carbons (Fsp3) is 0.548. The van der Waals surface area contributed by atoms with E-state index in [1.54, 1.807) is 0 Å². The molecule has 5 heteroatoms. The van der Waals surface area contributed by atoms with E-state index in [0.717, 1.165) is 61.2 Å². The zero-order chi connectivity index (χ0) is 24.9. The van der Waals surface area contributed by atoms with Crippen molar-refractivity contribution in [1.82, 2.24) is 5.01 Å². The second kappa shape index (κ2) is 11.5. The Morgan fingerprint density at radius 1 is 0.778 bits per heavy atom. The number of hydrogen-bond acceptors (Lipinski definition) is 3. The molecule has 1 aliphatic heterocycles. The van der Waals surface area contributed by atoms with E-state index in [1.165, 1.54) is 56.9 Å². The molecule has 2 amide bonds. The van der Waals surface area contributed by atoms with Crippen LogP contribution in [0.25, 0.3) is 0 Å². The molecule has 0 aromatic heterocycles. The van der Waals surface area contributed by atoms with Crippen molar-refractivity contribution in [3.05, 3.63) is 53.6 Å². The first kappa shape index (κ1) is 24.9. The molecule has 2 fully saturated rings. The number of rotatable bonds is 3. The lowest BCUT2D eigenvalue weighted by atomic mass is 9.82. The summed E-state index contributed by atoms with van der Waals surface area (Å²) in [4.78, 5) is 16.4. The molecule has 5 rings (SSSR count). The van der Waals surface area contributed by atoms with E-state index >= 15 is 0 Å². The number of nitrogens with zero attached hydrogens (tertiary/aromatic N) is 3. The molecule has 2 N–H and O–H groups in total. The number of carbonyl (C=O) groups is 1. The molecule has 1 heterocycles. The van der Waals surface area contributed by atoms with Crippen LogP contribution in [0.4, 0.5) is 21.9 Å². The predicted octanol–water partition coefficient (Wildman–Crippen LogP) is 8.33. The van der Waals surface area contributed by atoms with Crippen LogP contribution in [0.1, 0.15) is 101 Å². The van der Waals surface area contributed by atoms with Crippen LogP contribution in [0, 0.1) is 12.8 Å². The Hall–Kier alpha value is -2.82. The molecule has 0 spiro atoms. The normalized spacial score (nSPS) is 21.0. The molecular weight excluding hydrogens is 444 g/mol. The van der Waals surface area contributed by atoms with Crippen LogP contribution in [0.15, 0.2) is 47.6 Å². The zero-order valence-electron chi connectivity index (χ0n) is 21.9. The molecule has 192 valence electrons. The number of benzene rings is 2. The third kappa shape index (κ3) is 5.45. The summed E-state index contributed by atoms with van der Waals surface area (Å²) >= 11 is 0. The summed E-state index contributed by atoms with van der Waals surface area (Å²) in [5.74, 6) is 0.403. The first-order valence-corrected chi connectivity index (χ1v) is 14.3. The van der Waals surface area contributed by atoms with Crippen molar-refractivity contribution in [2.24, 2.45) is 11.0 Å². The molecule has 5 nitrogen and oxygen atoms in total. The second-order valence-corrected chi connectivity index (χ2v) is 11.1. The number of carbonyl (C=O) groups excluding carboxylic acids is 1. The molecule has 0 saturated heterocycles. The molecule has 0 radical (unpaired) electrons. The minimum absolute atomic E-state index is 0.0299. The van der Waals surface area contributed by atoms with Crippen molar-refractivity contribution >= 4 is 28.8 Å². The summed E-state index contributed by atoms with van der Waals surface area (Å²) in [5, 5.41) is 7.24. The molecule has 2 aromatic rings. The van der Waals surface area contributed by atoms with Gasteiger partial charge in [0, 0.05) is 17.2 Å². The third-order valence-corrected chi connectivity index (χ3v) is 8.34. The van der Waals surface area contributed by atoms with Gasteiger partial charge in [-0.1, -0.05) is 75.8 Å². The van der Waals surface area contributed by atoms with E-state index in [2.05, 4.69) is 25.1 Å². The molecule has 36 heavy (non-hydrogen) atoms. The van der Waals surface area contributed by atoms with Crippen LogP contribution in [-0.2, 0) is 0 Å². The van der Waals surface area contributed by atoms with Gasteiger partial charge >= 0.3 is 6.03 Å². The van der Waals surface area contributed by atoms with Gasteiger partial charge in [-0.05, 0) is 69.0 Å². The van der Waals surface area contributed by atoms with Crippen LogP contribution < -0.4 is 10.6 Å². The van der Waals surface area contributed by atoms with Crippen molar-refractivity contribution in [2.75, 3.05) is 10.6 Å². The van der Waals surface area contributed by atoms with Crippen LogP contribution >= 0.6 is 0 Å². The minimum Gasteiger partial charge on any atom is -0.399 e. The topological polar surface area (TPSA) is 61.9 Å². The van der Waals surface area contributed by atoms with Gasteiger partial charge in [0.2, 0.25) is 0 Å². The van der Waals surface area contributed by atoms with E-state index in [4.69, 9.17) is 10.8 Å². The number of hydrogen-bond donors (Lipinski definition) is 1. The third-order valence-electron chi connectivity index (χ3n) is 8.34. The molecule has 0 unspecified atom stereocenters. The van der Waals surface area contributed by atoms with Gasteiger partial charge in [0.15, 0.2) is 0 Å². The quantitative estimate of drug-likeness (QED) is 0.443. The number of hydrazone groups is 1. The lowest BCUT2D eigenvalue weighted by Crippen LogP contribution is -2.43. The zero-order valence-corrected chi connectivity index (χ0v) is 21.9. The van der Waals surface area contributed by atoms with Gasteiger partial charge in [0.05, 0.1) is 23.1 Å². The number of nitrogen functional groups attached to an aromatic ring is 1. The van der Waals surface area contributed by atoms with Gasteiger partial charge in [-0.3, -0.25) is 4.90 Å². The molecule has 2 saturated carbocycles. The maximum atomic E-state index is 14.5. The average Bonchev–Trinajstić information content (AvgIpc) is 3.02. The summed E-state index contributed by atoms with van der Waals surface area (Å²) in [7, 11) is 0. The number of fused-ring (bicyclic) bond motifs is 1. The minimum atomic E-state index is -0.0299. The van der Waals surface area contributed by atoms with Crippen molar-refractivity contribution in [2.45, 2.75) is 103 Å². The first-order valence-electron chi connectivity index (χ1n) is 14.3. The maximum absolute atomic E-state index is 14.5. The summed E-state index contributed by atoms with van der Waals surface area (Å²) in [6.45, 7) is 2.14. The van der Waals surface area contributed by atoms with Gasteiger partial charge in [0.25, 0.3) is 0 Å². The van der Waals surface area contributed by atoms with Gasteiger partial charge in [0.1, 0.15) is 0 Å². The standard InChI is InChI=1S/C31H42N4O/c1-23-16-21-29-28(22-23)30(24-12-8-7-9-13-24)33-35(27-14-10-5-3-2-4-6-11-15-27)31(36)34(29)26-19-17-25(32)18-20-26/h16-22,24,27H,2-15,32H2,1H3. The van der Waals surface area contributed by atoms with Crippen molar-refractivity contribution in [1.29, 1.82) is 0 Å². The SMILES string of the molecule is Cc1ccc2c(c1)C(C1CCCCC1)=NN(C1CCCCCCCCC1)C(=O)N2c1ccc(N)cc1. The highest BCUT2D eigenvalue weighted by atomic mass is 16.2. The average molecular weight is 487 g/mol. The molecule has 2 aliphatic carbocycles. The predicted molar refractivity (Wildman–Crippen MR) is 150 cm³/mol. The van der Waals surface area contributed by atoms with E-state index in [1.807, 2.05) is 34.2 Å². The number of anilines is 3. The molecule has 0 atom stereocenters. The lowest BCUT2D eigenvalue weighted by Gasteiger charge is -2.32. The van der Waals surface area contributed by atoms with Crippen LogP contribution in [0.2, 0.25) is 0 Å². The smallest absolute Gasteiger partial charge is 0.349 e. The first-order chi connectivity index (χ1) is 17.6. The number of aryl methyl sites for hydroxylation is 1. The van der Waals surface area contributed by atoms with E-state index in [9.17, 15) is 4.79 Å². The van der Waals surface area contributed by atoms with Crippen LogP contribution in [-0.4, -0.2) is 22.8 Å². The van der Waals surface area contributed by atoms with E-state index in [-0.39, 0.29) is 12.1 Å². The number of nitrogens with two attached hydrogens (primary N) is 1. The highest BCUT2D eigenvalue weighted by Gasteiger charge is 2.37. The summed E-state index contributed by atoms with van der Waals surface area (Å²) in [5.41, 5.74) is 12.0. The maximum Gasteiger partial charge on any atom is 0.349 e. The summed E-state index contributed by atoms with van der Waals surface area (Å²) < 4.78 is 0. The van der Waals surface area contributed by atoms with Crippen molar-refractivity contribution in [3.63, 3.8) is 0 Å². The van der Waals surface area contributed by atoms with Crippen LogP contribution in [0.5, 0.6) is 0 Å². The fourth-order valence-electron chi connectivity index (χ4n) is 6.29. The summed E-state index contributed by atoms with van der Waals surface area (Å²) in [6.07, 6.45) is 16.9. The number of urea groups is 1. The fourth-order valence-corrected chi connectivity index (χ4v) is 6.29. The Morgan fingerprint density at radius 3 is 2.03 bits per heavy atom. The highest BCUT2D eigenvalue weighted by Crippen LogP contribution is 2.39. The Morgan fingerprint density at radius 2 is 1.36 bits per heavy atom. The monoisotopic (exact) mass is 486 g/mol. The lowest BCUT2D eigenvalue weighted by molar-refractivity contribution is 0.174. The van der Waals surface area contributed by atoms with E-state index < -0.39 is 0 Å². The van der Waals surface area contributed by atoms with E-state index in [0.29, 0.717) is 11.6 Å². The summed E-state index contributed by atoms with van der Waals surface area (Å²) in [6, 6.07) is 14.3. The molecule has 2 aromatic carbocycles. The van der Waals surface area contributed by atoms with Gasteiger partial charge in [-0.2, -0.15) is 5.10 Å². The Labute approximate surface area is 216 Å². The molecule has 3 aliphatic rings. The number of amides is 2. The largest absolute Gasteiger partial charge is 0.399 e. The molecule has 0 bridgehead atoms. The Balaban J connectivity index is 1.63. The van der Waals surface area contributed by atoms with Crippen molar-refractivity contribution in [3.8, 4) is 0 Å². The second-order valence-electron chi connectivity index (χ2n) is 11.1. The van der Waals surface area contributed by atoms with Crippen molar-refractivity contribution < 1.29 is 4.79 Å². The van der Waals surface area contributed by atoms with Gasteiger partial charge in [-0.15, -0.1) is 0 Å². The Bertz CT molecular complexity index is 1060. The highest BCUT2D eigenvalue weighted by molar-refractivity contribution is 6.14. The van der Waals surface area contributed by atoms with Gasteiger partial charge in [-0.25, -0.2) is 9.80 Å².